The van der Waals surface area contributed by atoms with Gasteiger partial charge in [0.15, 0.2) is 6.10 Å². The largest absolute Gasteiger partial charge is 0.451 e. The predicted octanol–water partition coefficient (Wildman–Crippen LogP) is 2.00. The molecule has 31 heavy (non-hydrogen) atoms. The van der Waals surface area contributed by atoms with Gasteiger partial charge in [-0.25, -0.2) is 8.42 Å². The number of aryl methyl sites for hydroxylation is 2. The lowest BCUT2D eigenvalue weighted by Gasteiger charge is -2.24. The van der Waals surface area contributed by atoms with Gasteiger partial charge in [0.2, 0.25) is 10.0 Å². The number of amides is 1. The molecule has 1 amide bonds. The molecule has 2 N–H and O–H groups in total. The molecule has 0 aliphatic carbocycles. The lowest BCUT2D eigenvalue weighted by atomic mass is 10.1. The fourth-order valence-corrected chi connectivity index (χ4v) is 5.06. The standard InChI is InChI=1S/C22H26N2O6S/c1-14-9-10-19(11-15(14)2)31(28,29)24-13-18(25)12-20(24)22(27)30-16(3)21(26)23-17-7-5-4-6-8-17/h4-11,16,18,20,25H,12-13H2,1-3H3,(H,23,26)/t16?,18?,20-/m0/s1. The van der Waals surface area contributed by atoms with Crippen molar-refractivity contribution in [1.29, 1.82) is 0 Å². The molecule has 0 saturated carbocycles. The molecule has 0 radical (unpaired) electrons. The zero-order chi connectivity index (χ0) is 22.8. The van der Waals surface area contributed by atoms with Gasteiger partial charge < -0.3 is 15.2 Å². The lowest BCUT2D eigenvalue weighted by molar-refractivity contribution is -0.156. The highest BCUT2D eigenvalue weighted by molar-refractivity contribution is 7.89. The molecule has 0 aromatic heterocycles. The number of benzene rings is 2. The third-order valence-corrected chi connectivity index (χ3v) is 7.16. The van der Waals surface area contributed by atoms with E-state index in [4.69, 9.17) is 4.74 Å². The summed E-state index contributed by atoms with van der Waals surface area (Å²) in [5.41, 5.74) is 2.28. The molecule has 1 aliphatic rings. The number of carbonyl (C=O) groups excluding carboxylic acids is 2. The highest BCUT2D eigenvalue weighted by Crippen LogP contribution is 2.28. The van der Waals surface area contributed by atoms with Crippen molar-refractivity contribution in [3.05, 3.63) is 59.7 Å². The van der Waals surface area contributed by atoms with Gasteiger partial charge in [0.25, 0.3) is 5.91 Å². The SMILES string of the molecule is Cc1ccc(S(=O)(=O)N2CC(O)C[C@H]2C(=O)OC(C)C(=O)Nc2ccccc2)cc1C. The van der Waals surface area contributed by atoms with E-state index in [1.54, 1.807) is 43.3 Å². The fraction of sp³-hybridized carbons (Fsp3) is 0.364. The van der Waals surface area contributed by atoms with Gasteiger partial charge in [-0.2, -0.15) is 4.31 Å². The number of carbonyl (C=O) groups is 2. The normalized spacial score (nSPS) is 20.3. The summed E-state index contributed by atoms with van der Waals surface area (Å²) < 4.78 is 32.5. The summed E-state index contributed by atoms with van der Waals surface area (Å²) in [4.78, 5) is 25.1. The molecule has 2 unspecified atom stereocenters. The highest BCUT2D eigenvalue weighted by Gasteiger charge is 2.45. The van der Waals surface area contributed by atoms with E-state index in [1.165, 1.54) is 19.1 Å². The quantitative estimate of drug-likeness (QED) is 0.657. The molecule has 1 aliphatic heterocycles. The number of sulfonamides is 1. The monoisotopic (exact) mass is 446 g/mol. The first kappa shape index (κ1) is 22.9. The van der Waals surface area contributed by atoms with Crippen molar-refractivity contribution < 1.29 is 27.9 Å². The molecule has 3 rings (SSSR count). The number of rotatable bonds is 6. The number of nitrogens with zero attached hydrogens (tertiary/aromatic N) is 1. The van der Waals surface area contributed by atoms with Gasteiger partial charge in [-0.05, 0) is 56.2 Å². The molecule has 166 valence electrons. The number of esters is 1. The van der Waals surface area contributed by atoms with Crippen molar-refractivity contribution in [3.63, 3.8) is 0 Å². The third-order valence-electron chi connectivity index (χ3n) is 5.29. The van der Waals surface area contributed by atoms with E-state index in [1.807, 2.05) is 6.92 Å². The molecule has 1 heterocycles. The van der Waals surface area contributed by atoms with Gasteiger partial charge >= 0.3 is 5.97 Å². The summed E-state index contributed by atoms with van der Waals surface area (Å²) in [7, 11) is -4.04. The zero-order valence-corrected chi connectivity index (χ0v) is 18.4. The minimum Gasteiger partial charge on any atom is -0.451 e. The number of aliphatic hydroxyl groups excluding tert-OH is 1. The summed E-state index contributed by atoms with van der Waals surface area (Å²) in [5.74, 6) is -1.42. The maximum Gasteiger partial charge on any atom is 0.325 e. The molecular weight excluding hydrogens is 420 g/mol. The van der Waals surface area contributed by atoms with Crippen molar-refractivity contribution in [1.82, 2.24) is 4.31 Å². The van der Waals surface area contributed by atoms with Crippen molar-refractivity contribution in [2.75, 3.05) is 11.9 Å². The van der Waals surface area contributed by atoms with Gasteiger partial charge in [0.1, 0.15) is 6.04 Å². The Kier molecular flexibility index (Phi) is 6.78. The van der Waals surface area contributed by atoms with Crippen LogP contribution < -0.4 is 5.32 Å². The maximum atomic E-state index is 13.1. The van der Waals surface area contributed by atoms with Gasteiger partial charge in [-0.1, -0.05) is 24.3 Å². The predicted molar refractivity (Wildman–Crippen MR) is 115 cm³/mol. The molecule has 2 aromatic rings. The van der Waals surface area contributed by atoms with Crippen molar-refractivity contribution >= 4 is 27.6 Å². The number of hydrogen-bond acceptors (Lipinski definition) is 6. The van der Waals surface area contributed by atoms with E-state index in [-0.39, 0.29) is 17.9 Å². The van der Waals surface area contributed by atoms with Crippen LogP contribution in [0.25, 0.3) is 0 Å². The van der Waals surface area contributed by atoms with Crippen LogP contribution in [0.2, 0.25) is 0 Å². The van der Waals surface area contributed by atoms with Gasteiger partial charge in [0.05, 0.1) is 11.0 Å². The fourth-order valence-electron chi connectivity index (χ4n) is 3.35. The second-order valence-electron chi connectivity index (χ2n) is 7.66. The van der Waals surface area contributed by atoms with E-state index >= 15 is 0 Å². The molecular formula is C22H26N2O6S. The Morgan fingerprint density at radius 3 is 2.45 bits per heavy atom. The molecule has 0 spiro atoms. The molecule has 2 aromatic carbocycles. The Morgan fingerprint density at radius 2 is 1.81 bits per heavy atom. The Morgan fingerprint density at radius 1 is 1.13 bits per heavy atom. The summed E-state index contributed by atoms with van der Waals surface area (Å²) >= 11 is 0. The highest BCUT2D eigenvalue weighted by atomic mass is 32.2. The number of anilines is 1. The van der Waals surface area contributed by atoms with Gasteiger partial charge in [0, 0.05) is 18.7 Å². The second kappa shape index (κ2) is 9.17. The minimum atomic E-state index is -4.04. The lowest BCUT2D eigenvalue weighted by Crippen LogP contribution is -2.43. The number of nitrogens with one attached hydrogen (secondary N) is 1. The Bertz CT molecular complexity index is 1070. The summed E-state index contributed by atoms with van der Waals surface area (Å²) in [6, 6.07) is 12.2. The van der Waals surface area contributed by atoms with Crippen LogP contribution in [0.3, 0.4) is 0 Å². The number of ether oxygens (including phenoxy) is 1. The van der Waals surface area contributed by atoms with Crippen LogP contribution in [0.15, 0.2) is 53.4 Å². The van der Waals surface area contributed by atoms with Crippen LogP contribution in [0.5, 0.6) is 0 Å². The van der Waals surface area contributed by atoms with Crippen molar-refractivity contribution in [2.24, 2.45) is 0 Å². The molecule has 8 nitrogen and oxygen atoms in total. The van der Waals surface area contributed by atoms with Crippen LogP contribution in [-0.2, 0) is 24.3 Å². The number of β-amino-alcohol motifs (C(OH)–C–C–N with tert-alkyl or cyclic N) is 1. The van der Waals surface area contributed by atoms with Gasteiger partial charge in [-0.15, -0.1) is 0 Å². The first-order valence-corrected chi connectivity index (χ1v) is 11.4. The first-order valence-electron chi connectivity index (χ1n) is 9.93. The topological polar surface area (TPSA) is 113 Å². The van der Waals surface area contributed by atoms with Gasteiger partial charge in [-0.3, -0.25) is 9.59 Å². The molecule has 0 bridgehead atoms. The molecule has 3 atom stereocenters. The number of para-hydroxylation sites is 1. The van der Waals surface area contributed by atoms with E-state index < -0.39 is 40.1 Å². The van der Waals surface area contributed by atoms with E-state index in [0.29, 0.717) is 5.69 Å². The first-order chi connectivity index (χ1) is 14.6. The molecule has 1 fully saturated rings. The van der Waals surface area contributed by atoms with E-state index in [9.17, 15) is 23.1 Å². The van der Waals surface area contributed by atoms with Crippen LogP contribution in [0.1, 0.15) is 24.5 Å². The summed E-state index contributed by atoms with van der Waals surface area (Å²) in [6.07, 6.45) is -2.25. The Labute approximate surface area is 181 Å². The second-order valence-corrected chi connectivity index (χ2v) is 9.55. The Balaban J connectivity index is 1.74. The van der Waals surface area contributed by atoms with Crippen LogP contribution in [0.4, 0.5) is 5.69 Å². The number of aliphatic hydroxyl groups is 1. The zero-order valence-electron chi connectivity index (χ0n) is 17.6. The van der Waals surface area contributed by atoms with E-state index in [0.717, 1.165) is 15.4 Å². The Hall–Kier alpha value is -2.75. The summed E-state index contributed by atoms with van der Waals surface area (Å²) in [6.45, 7) is 4.85. The van der Waals surface area contributed by atoms with Crippen LogP contribution in [0, 0.1) is 13.8 Å². The average Bonchev–Trinajstić information content (AvgIpc) is 3.13. The third kappa shape index (κ3) is 5.12. The molecule has 9 heteroatoms. The average molecular weight is 447 g/mol. The maximum absolute atomic E-state index is 13.1. The van der Waals surface area contributed by atoms with Crippen molar-refractivity contribution in [3.8, 4) is 0 Å². The van der Waals surface area contributed by atoms with Crippen LogP contribution >= 0.6 is 0 Å². The van der Waals surface area contributed by atoms with E-state index in [2.05, 4.69) is 5.32 Å². The van der Waals surface area contributed by atoms with Crippen LogP contribution in [-0.4, -0.2) is 54.5 Å². The van der Waals surface area contributed by atoms with Crippen molar-refractivity contribution in [2.45, 2.75) is 50.3 Å². The number of hydrogen-bond donors (Lipinski definition) is 2. The minimum absolute atomic E-state index is 0.0392. The smallest absolute Gasteiger partial charge is 0.325 e. The molecule has 1 saturated heterocycles. The summed E-state index contributed by atoms with van der Waals surface area (Å²) in [5, 5.41) is 12.7.